The van der Waals surface area contributed by atoms with Crippen molar-refractivity contribution in [3.63, 3.8) is 0 Å². The van der Waals surface area contributed by atoms with E-state index in [4.69, 9.17) is 16.3 Å². The van der Waals surface area contributed by atoms with Crippen molar-refractivity contribution in [1.82, 2.24) is 4.90 Å². The van der Waals surface area contributed by atoms with Crippen molar-refractivity contribution in [2.45, 2.75) is 31.7 Å². The number of halogens is 4. The van der Waals surface area contributed by atoms with Gasteiger partial charge in [0.25, 0.3) is 0 Å². The van der Waals surface area contributed by atoms with Crippen LogP contribution in [0.1, 0.15) is 40.2 Å². The molecule has 0 spiro atoms. The summed E-state index contributed by atoms with van der Waals surface area (Å²) < 4.78 is 46.6. The van der Waals surface area contributed by atoms with Gasteiger partial charge in [0.2, 0.25) is 0 Å². The lowest BCUT2D eigenvalue weighted by atomic mass is 9.90. The minimum Gasteiger partial charge on any atom is -0.494 e. The summed E-state index contributed by atoms with van der Waals surface area (Å²) in [5.41, 5.74) is 2.63. The fraction of sp³-hybridized carbons (Fsp3) is 0.250. The highest BCUT2D eigenvalue weighted by Crippen LogP contribution is 2.37. The predicted octanol–water partition coefficient (Wildman–Crippen LogP) is 7.95. The van der Waals surface area contributed by atoms with Crippen molar-refractivity contribution in [2.24, 2.45) is 0 Å². The molecule has 0 aliphatic heterocycles. The maximum Gasteiger partial charge on any atom is 0.417 e. The van der Waals surface area contributed by atoms with Gasteiger partial charge in [0.15, 0.2) is 0 Å². The lowest BCUT2D eigenvalue weighted by molar-refractivity contribution is -0.137. The summed E-state index contributed by atoms with van der Waals surface area (Å²) in [6, 6.07) is 31.6. The molecule has 0 saturated heterocycles. The molecular formula is C32H31ClF3NO2. The van der Waals surface area contributed by atoms with Crippen molar-refractivity contribution >= 4 is 11.6 Å². The lowest BCUT2D eigenvalue weighted by Crippen LogP contribution is -2.31. The largest absolute Gasteiger partial charge is 0.494 e. The molecule has 7 heteroatoms. The van der Waals surface area contributed by atoms with Crippen LogP contribution in [0.15, 0.2) is 103 Å². The first-order valence-corrected chi connectivity index (χ1v) is 13.2. The zero-order chi connectivity index (χ0) is 27.7. The fourth-order valence-corrected chi connectivity index (χ4v) is 4.93. The number of rotatable bonds is 12. The molecule has 0 aliphatic rings. The van der Waals surface area contributed by atoms with Crippen molar-refractivity contribution < 1.29 is 23.0 Å². The Morgan fingerprint density at radius 1 is 0.821 bits per heavy atom. The summed E-state index contributed by atoms with van der Waals surface area (Å²) >= 11 is 6.29. The molecule has 0 amide bonds. The first-order valence-electron chi connectivity index (χ1n) is 12.8. The molecule has 0 aliphatic carbocycles. The Balaban J connectivity index is 1.56. The molecule has 3 nitrogen and oxygen atoms in total. The lowest BCUT2D eigenvalue weighted by Gasteiger charge is -2.29. The van der Waals surface area contributed by atoms with Crippen LogP contribution in [0, 0.1) is 0 Å². The third kappa shape index (κ3) is 8.09. The van der Waals surface area contributed by atoms with E-state index >= 15 is 0 Å². The molecule has 204 valence electrons. The van der Waals surface area contributed by atoms with Gasteiger partial charge in [-0.1, -0.05) is 96.5 Å². The minimum absolute atomic E-state index is 0.0131. The number of aliphatic hydroxyl groups excluding tert-OH is 1. The Hall–Kier alpha value is -3.32. The number of benzene rings is 4. The Bertz CT molecular complexity index is 1280. The van der Waals surface area contributed by atoms with E-state index < -0.39 is 11.7 Å². The molecule has 0 fully saturated rings. The standard InChI is InChI=1S/C32H31ClF3NO2/c33-31-27(15-8-17-30(31)32(34,35)36)21-37(18-9-19-39-28-16-7-10-24(20-28)23-38)22-29(25-11-3-1-4-12-25)26-13-5-2-6-14-26/h1-8,10-17,20,29,38H,9,18-19,21-23H2. The normalized spacial score (nSPS) is 11.8. The van der Waals surface area contributed by atoms with Crippen LogP contribution in [-0.2, 0) is 19.3 Å². The third-order valence-corrected chi connectivity index (χ3v) is 7.04. The number of hydrogen-bond acceptors (Lipinski definition) is 3. The van der Waals surface area contributed by atoms with Crippen LogP contribution in [0.2, 0.25) is 5.02 Å². The van der Waals surface area contributed by atoms with Gasteiger partial charge in [-0.2, -0.15) is 13.2 Å². The second kappa shape index (κ2) is 13.7. The van der Waals surface area contributed by atoms with Crippen LogP contribution < -0.4 is 4.74 Å². The molecule has 4 aromatic carbocycles. The summed E-state index contributed by atoms with van der Waals surface area (Å²) in [5, 5.41) is 9.11. The van der Waals surface area contributed by atoms with Gasteiger partial charge in [-0.15, -0.1) is 0 Å². The predicted molar refractivity (Wildman–Crippen MR) is 149 cm³/mol. The highest BCUT2D eigenvalue weighted by Gasteiger charge is 2.34. The van der Waals surface area contributed by atoms with Crippen molar-refractivity contribution in [1.29, 1.82) is 0 Å². The average Bonchev–Trinajstić information content (AvgIpc) is 2.95. The van der Waals surface area contributed by atoms with Crippen LogP contribution in [0.25, 0.3) is 0 Å². The molecule has 0 radical (unpaired) electrons. The number of alkyl halides is 3. The van der Waals surface area contributed by atoms with Crippen molar-refractivity contribution in [3.8, 4) is 5.75 Å². The van der Waals surface area contributed by atoms with E-state index in [0.29, 0.717) is 37.4 Å². The van der Waals surface area contributed by atoms with Crippen LogP contribution >= 0.6 is 11.6 Å². The molecule has 0 aromatic heterocycles. The van der Waals surface area contributed by atoms with Gasteiger partial charge in [0.1, 0.15) is 5.75 Å². The molecule has 0 heterocycles. The zero-order valence-electron chi connectivity index (χ0n) is 21.4. The molecule has 0 bridgehead atoms. The summed E-state index contributed by atoms with van der Waals surface area (Å²) in [4.78, 5) is 2.14. The highest BCUT2D eigenvalue weighted by atomic mass is 35.5. The van der Waals surface area contributed by atoms with Gasteiger partial charge in [0, 0.05) is 25.6 Å². The summed E-state index contributed by atoms with van der Waals surface area (Å²) in [6.45, 7) is 1.79. The van der Waals surface area contributed by atoms with E-state index in [1.807, 2.05) is 54.6 Å². The number of aliphatic hydroxyl groups is 1. The minimum atomic E-state index is -4.52. The first-order chi connectivity index (χ1) is 18.8. The van der Waals surface area contributed by atoms with E-state index in [9.17, 15) is 18.3 Å². The van der Waals surface area contributed by atoms with Crippen LogP contribution in [0.3, 0.4) is 0 Å². The Morgan fingerprint density at radius 3 is 2.08 bits per heavy atom. The molecule has 4 rings (SSSR count). The first kappa shape index (κ1) is 28.7. The molecule has 0 atom stereocenters. The Labute approximate surface area is 232 Å². The van der Waals surface area contributed by atoms with Crippen molar-refractivity contribution in [3.05, 3.63) is 136 Å². The summed E-state index contributed by atoms with van der Waals surface area (Å²) in [6.07, 6.45) is -3.87. The monoisotopic (exact) mass is 553 g/mol. The van der Waals surface area contributed by atoms with Crippen molar-refractivity contribution in [2.75, 3.05) is 19.7 Å². The fourth-order valence-electron chi connectivity index (χ4n) is 4.64. The van der Waals surface area contributed by atoms with Crippen LogP contribution in [-0.4, -0.2) is 29.7 Å². The smallest absolute Gasteiger partial charge is 0.417 e. The van der Waals surface area contributed by atoms with Gasteiger partial charge in [-0.05, 0) is 46.9 Å². The quantitative estimate of drug-likeness (QED) is 0.181. The molecule has 4 aromatic rings. The van der Waals surface area contributed by atoms with Crippen LogP contribution in [0.4, 0.5) is 13.2 Å². The second-order valence-electron chi connectivity index (χ2n) is 9.39. The summed E-state index contributed by atoms with van der Waals surface area (Å²) in [5.74, 6) is 0.680. The average molecular weight is 554 g/mol. The SMILES string of the molecule is OCc1cccc(OCCCN(Cc2cccc(C(F)(F)F)c2Cl)CC(c2ccccc2)c2ccccc2)c1. The van der Waals surface area contributed by atoms with E-state index in [2.05, 4.69) is 29.2 Å². The number of nitrogens with zero attached hydrogens (tertiary/aromatic N) is 1. The van der Waals surface area contributed by atoms with Gasteiger partial charge in [-0.3, -0.25) is 4.90 Å². The Morgan fingerprint density at radius 2 is 1.46 bits per heavy atom. The van der Waals surface area contributed by atoms with Gasteiger partial charge in [-0.25, -0.2) is 0 Å². The Kier molecular flexibility index (Phi) is 10.0. The van der Waals surface area contributed by atoms with E-state index in [1.54, 1.807) is 12.1 Å². The van der Waals surface area contributed by atoms with Gasteiger partial charge < -0.3 is 9.84 Å². The van der Waals surface area contributed by atoms with Gasteiger partial charge in [0.05, 0.1) is 23.8 Å². The van der Waals surface area contributed by atoms with E-state index in [1.165, 1.54) is 6.07 Å². The third-order valence-electron chi connectivity index (χ3n) is 6.59. The topological polar surface area (TPSA) is 32.7 Å². The molecule has 39 heavy (non-hydrogen) atoms. The maximum absolute atomic E-state index is 13.6. The number of hydrogen-bond donors (Lipinski definition) is 1. The molecule has 0 saturated carbocycles. The zero-order valence-corrected chi connectivity index (χ0v) is 22.2. The number of ether oxygens (including phenoxy) is 1. The maximum atomic E-state index is 13.6. The molecule has 0 unspecified atom stereocenters. The van der Waals surface area contributed by atoms with E-state index in [-0.39, 0.29) is 24.1 Å². The second-order valence-corrected chi connectivity index (χ2v) is 9.77. The molecular weight excluding hydrogens is 523 g/mol. The molecule has 1 N–H and O–H groups in total. The summed E-state index contributed by atoms with van der Waals surface area (Å²) in [7, 11) is 0. The van der Waals surface area contributed by atoms with Gasteiger partial charge >= 0.3 is 6.18 Å². The van der Waals surface area contributed by atoms with Crippen LogP contribution in [0.5, 0.6) is 5.75 Å². The van der Waals surface area contributed by atoms with E-state index in [0.717, 1.165) is 22.8 Å². The highest BCUT2D eigenvalue weighted by molar-refractivity contribution is 6.32.